The number of hydrogen-bond acceptors (Lipinski definition) is 6. The molecule has 0 amide bonds. The van der Waals surface area contributed by atoms with Gasteiger partial charge in [0, 0.05) is 43.4 Å². The first-order valence-corrected chi connectivity index (χ1v) is 12.6. The summed E-state index contributed by atoms with van der Waals surface area (Å²) in [6, 6.07) is 17.2. The fraction of sp³-hybridized carbons (Fsp3) is 0.429. The molecule has 0 saturated carbocycles. The zero-order valence-electron chi connectivity index (χ0n) is 21.4. The maximum Gasteiger partial charge on any atom is 0.173 e. The van der Waals surface area contributed by atoms with Crippen molar-refractivity contribution >= 4 is 16.6 Å². The van der Waals surface area contributed by atoms with Crippen LogP contribution in [0.25, 0.3) is 10.9 Å². The Hall–Kier alpha value is -3.32. The summed E-state index contributed by atoms with van der Waals surface area (Å²) in [7, 11) is 0. The van der Waals surface area contributed by atoms with Crippen LogP contribution in [-0.2, 0) is 5.54 Å². The maximum atomic E-state index is 4.60. The number of benzene rings is 2. The third-order valence-corrected chi connectivity index (χ3v) is 7.72. The lowest BCUT2D eigenvalue weighted by Crippen LogP contribution is -2.49. The van der Waals surface area contributed by atoms with E-state index in [1.54, 1.807) is 0 Å². The van der Waals surface area contributed by atoms with Crippen LogP contribution in [0.4, 0.5) is 5.69 Å². The molecule has 1 aliphatic rings. The number of rotatable bonds is 6. The van der Waals surface area contributed by atoms with E-state index in [1.807, 2.05) is 16.9 Å². The molecule has 5 rings (SSSR count). The molecule has 3 heterocycles. The first-order chi connectivity index (χ1) is 16.9. The van der Waals surface area contributed by atoms with Crippen LogP contribution in [0.5, 0.6) is 0 Å². The largest absolute Gasteiger partial charge is 0.369 e. The molecular formula is C28H35N7. The predicted octanol–water partition coefficient (Wildman–Crippen LogP) is 4.89. The van der Waals surface area contributed by atoms with Crippen molar-refractivity contribution in [1.82, 2.24) is 30.1 Å². The van der Waals surface area contributed by atoms with Crippen molar-refractivity contribution in [2.75, 3.05) is 31.1 Å². The fourth-order valence-electron chi connectivity index (χ4n) is 5.03. The van der Waals surface area contributed by atoms with Crippen molar-refractivity contribution in [2.24, 2.45) is 0 Å². The molecule has 1 fully saturated rings. The molecule has 1 aliphatic heterocycles. The number of hydrogen-bond donors (Lipinski definition) is 0. The molecule has 2 aromatic carbocycles. The summed E-state index contributed by atoms with van der Waals surface area (Å²) in [5.74, 6) is 0.903. The fourth-order valence-corrected chi connectivity index (χ4v) is 5.03. The van der Waals surface area contributed by atoms with Crippen molar-refractivity contribution in [3.8, 4) is 0 Å². The molecule has 0 bridgehead atoms. The Morgan fingerprint density at radius 3 is 2.54 bits per heavy atom. The second-order valence-electron chi connectivity index (χ2n) is 10.2. The molecule has 1 saturated heterocycles. The highest BCUT2D eigenvalue weighted by Gasteiger charge is 2.34. The molecule has 0 aliphatic carbocycles. The van der Waals surface area contributed by atoms with Gasteiger partial charge in [-0.1, -0.05) is 31.2 Å². The van der Waals surface area contributed by atoms with Crippen LogP contribution in [0, 0.1) is 13.8 Å². The second-order valence-corrected chi connectivity index (χ2v) is 10.2. The van der Waals surface area contributed by atoms with Crippen LogP contribution in [0.2, 0.25) is 0 Å². The Bertz CT molecular complexity index is 1320. The Balaban J connectivity index is 1.51. The molecule has 0 spiro atoms. The van der Waals surface area contributed by atoms with Gasteiger partial charge in [-0.2, -0.15) is 0 Å². The van der Waals surface area contributed by atoms with Crippen molar-refractivity contribution in [3.05, 3.63) is 77.2 Å². The van der Waals surface area contributed by atoms with Crippen molar-refractivity contribution in [3.63, 3.8) is 0 Å². The number of pyridine rings is 1. The molecule has 4 aromatic rings. The number of piperazine rings is 1. The quantitative estimate of drug-likeness (QED) is 0.400. The van der Waals surface area contributed by atoms with Crippen molar-refractivity contribution in [2.45, 2.75) is 52.6 Å². The van der Waals surface area contributed by atoms with Crippen molar-refractivity contribution in [1.29, 1.82) is 0 Å². The average molecular weight is 470 g/mol. The molecule has 2 aromatic heterocycles. The van der Waals surface area contributed by atoms with Gasteiger partial charge in [0.25, 0.3) is 0 Å². The van der Waals surface area contributed by atoms with Gasteiger partial charge in [0.2, 0.25) is 0 Å². The monoisotopic (exact) mass is 469 g/mol. The highest BCUT2D eigenvalue weighted by atomic mass is 15.6. The normalized spacial score (nSPS) is 16.1. The summed E-state index contributed by atoms with van der Waals surface area (Å²) in [6.45, 7) is 14.8. The van der Waals surface area contributed by atoms with Gasteiger partial charge in [0.1, 0.15) is 0 Å². The van der Waals surface area contributed by atoms with E-state index in [9.17, 15) is 0 Å². The zero-order valence-corrected chi connectivity index (χ0v) is 21.4. The minimum atomic E-state index is -0.171. The van der Waals surface area contributed by atoms with Crippen LogP contribution < -0.4 is 4.90 Å². The third kappa shape index (κ3) is 4.41. The third-order valence-electron chi connectivity index (χ3n) is 7.72. The van der Waals surface area contributed by atoms with Gasteiger partial charge in [-0.15, -0.1) is 5.10 Å². The summed E-state index contributed by atoms with van der Waals surface area (Å²) in [4.78, 5) is 9.57. The van der Waals surface area contributed by atoms with E-state index < -0.39 is 0 Å². The van der Waals surface area contributed by atoms with Crippen LogP contribution in [0.3, 0.4) is 0 Å². The van der Waals surface area contributed by atoms with Gasteiger partial charge in [0.05, 0.1) is 17.1 Å². The molecule has 1 atom stereocenters. The highest BCUT2D eigenvalue weighted by molar-refractivity contribution is 5.79. The van der Waals surface area contributed by atoms with Crippen LogP contribution in [0.1, 0.15) is 55.7 Å². The number of tetrazole rings is 1. The van der Waals surface area contributed by atoms with Gasteiger partial charge < -0.3 is 4.90 Å². The zero-order chi connectivity index (χ0) is 24.6. The van der Waals surface area contributed by atoms with E-state index in [4.69, 9.17) is 0 Å². The standard InChI is InChI=1S/C28H35N7/c1-6-28(4,5)35-27(30-31-32-35)26(23-12-13-24-22(19-23)10-8-14-29-24)34-17-15-33(16-18-34)25-11-7-9-20(2)21(25)3/h7-14,19,26H,6,15-18H2,1-5H3/t26-/m0/s1. The highest BCUT2D eigenvalue weighted by Crippen LogP contribution is 2.34. The molecular weight excluding hydrogens is 434 g/mol. The molecule has 182 valence electrons. The van der Waals surface area contributed by atoms with E-state index in [0.29, 0.717) is 0 Å². The number of aromatic nitrogens is 5. The number of aryl methyl sites for hydroxylation is 1. The topological polar surface area (TPSA) is 63.0 Å². The van der Waals surface area contributed by atoms with Crippen LogP contribution >= 0.6 is 0 Å². The van der Waals surface area contributed by atoms with Gasteiger partial charge in [0.15, 0.2) is 5.82 Å². The predicted molar refractivity (Wildman–Crippen MR) is 141 cm³/mol. The molecule has 0 N–H and O–H groups in total. The van der Waals surface area contributed by atoms with E-state index in [0.717, 1.165) is 49.3 Å². The Kier molecular flexibility index (Phi) is 6.28. The molecule has 0 unspecified atom stereocenters. The lowest BCUT2D eigenvalue weighted by Gasteiger charge is -2.41. The lowest BCUT2D eigenvalue weighted by molar-refractivity contribution is 0.187. The first-order valence-electron chi connectivity index (χ1n) is 12.6. The van der Waals surface area contributed by atoms with Crippen molar-refractivity contribution < 1.29 is 0 Å². The molecule has 0 radical (unpaired) electrons. The lowest BCUT2D eigenvalue weighted by atomic mass is 9.98. The minimum absolute atomic E-state index is 0.0267. The Morgan fingerprint density at radius 2 is 1.77 bits per heavy atom. The minimum Gasteiger partial charge on any atom is -0.369 e. The maximum absolute atomic E-state index is 4.60. The first kappa shape index (κ1) is 23.4. The summed E-state index contributed by atoms with van der Waals surface area (Å²) >= 11 is 0. The summed E-state index contributed by atoms with van der Waals surface area (Å²) in [5.41, 5.74) is 6.09. The van der Waals surface area contributed by atoms with E-state index in [1.165, 1.54) is 22.4 Å². The SMILES string of the molecule is CCC(C)(C)n1nnnc1[C@H](c1ccc2ncccc2c1)N1CCN(c2cccc(C)c2C)CC1. The molecule has 35 heavy (non-hydrogen) atoms. The van der Waals surface area contributed by atoms with Crippen LogP contribution in [0.15, 0.2) is 54.7 Å². The van der Waals surface area contributed by atoms with E-state index in [-0.39, 0.29) is 11.6 Å². The average Bonchev–Trinajstić information content (AvgIpc) is 3.37. The Morgan fingerprint density at radius 1 is 0.971 bits per heavy atom. The number of anilines is 1. The van der Waals surface area contributed by atoms with E-state index >= 15 is 0 Å². The van der Waals surface area contributed by atoms with Gasteiger partial charge in [-0.05, 0) is 85.5 Å². The van der Waals surface area contributed by atoms with Gasteiger partial charge in [-0.3, -0.25) is 9.88 Å². The Labute approximate surface area is 207 Å². The smallest absolute Gasteiger partial charge is 0.173 e. The molecule has 7 nitrogen and oxygen atoms in total. The summed E-state index contributed by atoms with van der Waals surface area (Å²) < 4.78 is 2.03. The second kappa shape index (κ2) is 9.38. The summed E-state index contributed by atoms with van der Waals surface area (Å²) in [5, 5.41) is 14.3. The number of nitrogens with zero attached hydrogens (tertiary/aromatic N) is 7. The van der Waals surface area contributed by atoms with Gasteiger partial charge >= 0.3 is 0 Å². The summed E-state index contributed by atoms with van der Waals surface area (Å²) in [6.07, 6.45) is 2.79. The van der Waals surface area contributed by atoms with Gasteiger partial charge in [-0.25, -0.2) is 4.68 Å². The number of fused-ring (bicyclic) bond motifs is 1. The van der Waals surface area contributed by atoms with E-state index in [2.05, 4.69) is 107 Å². The molecule has 7 heteroatoms. The van der Waals surface area contributed by atoms with Crippen LogP contribution in [-0.4, -0.2) is 56.3 Å².